The maximum absolute atomic E-state index is 13.0. The minimum atomic E-state index is -3.60. The Kier molecular flexibility index (Phi) is 5.79. The Labute approximate surface area is 150 Å². The summed E-state index contributed by atoms with van der Waals surface area (Å²) in [6, 6.07) is 4.76. The molecule has 2 rings (SSSR count). The van der Waals surface area contributed by atoms with Crippen LogP contribution in [0.25, 0.3) is 0 Å². The average Bonchev–Trinajstić information content (AvgIpc) is 2.52. The number of benzene rings is 1. The molecule has 25 heavy (non-hydrogen) atoms. The predicted molar refractivity (Wildman–Crippen MR) is 98.5 cm³/mol. The third kappa shape index (κ3) is 4.15. The minimum Gasteiger partial charge on any atom is -0.484 e. The van der Waals surface area contributed by atoms with Gasteiger partial charge in [0.2, 0.25) is 15.9 Å². The highest BCUT2D eigenvalue weighted by molar-refractivity contribution is 7.89. The summed E-state index contributed by atoms with van der Waals surface area (Å²) in [6.45, 7) is 10.5. The maximum atomic E-state index is 13.0. The van der Waals surface area contributed by atoms with Crippen molar-refractivity contribution in [3.8, 4) is 5.75 Å². The van der Waals surface area contributed by atoms with Gasteiger partial charge in [0, 0.05) is 20.0 Å². The van der Waals surface area contributed by atoms with Crippen molar-refractivity contribution in [2.45, 2.75) is 58.0 Å². The van der Waals surface area contributed by atoms with Crippen molar-refractivity contribution in [1.29, 1.82) is 0 Å². The second kappa shape index (κ2) is 7.33. The second-order valence-corrected chi connectivity index (χ2v) is 8.94. The number of carbonyl (C=O) groups is 1. The van der Waals surface area contributed by atoms with E-state index in [4.69, 9.17) is 4.74 Å². The molecular weight excluding hydrogens is 340 g/mol. The van der Waals surface area contributed by atoms with Gasteiger partial charge in [-0.1, -0.05) is 13.8 Å². The van der Waals surface area contributed by atoms with Crippen LogP contribution in [-0.2, 0) is 14.8 Å². The summed E-state index contributed by atoms with van der Waals surface area (Å²) in [5.74, 6) is 0.397. The quantitative estimate of drug-likeness (QED) is 0.774. The number of nitrogens with zero attached hydrogens (tertiary/aromatic N) is 2. The first kappa shape index (κ1) is 19.7. The molecule has 0 radical (unpaired) electrons. The first-order valence-corrected chi connectivity index (χ1v) is 10.2. The molecule has 0 N–H and O–H groups in total. The van der Waals surface area contributed by atoms with Gasteiger partial charge in [-0.2, -0.15) is 4.31 Å². The Morgan fingerprint density at radius 2 is 1.84 bits per heavy atom. The lowest BCUT2D eigenvalue weighted by molar-refractivity contribution is -0.117. The van der Waals surface area contributed by atoms with Crippen LogP contribution in [0, 0.1) is 0 Å². The molecule has 0 bridgehead atoms. The molecule has 1 aliphatic rings. The van der Waals surface area contributed by atoms with Gasteiger partial charge in [-0.05, 0) is 44.9 Å². The molecule has 1 heterocycles. The molecular formula is C18H28N2O4S. The zero-order valence-corrected chi connectivity index (χ0v) is 16.5. The molecule has 0 saturated heterocycles. The molecule has 1 aromatic carbocycles. The summed E-state index contributed by atoms with van der Waals surface area (Å²) >= 11 is 0. The molecule has 7 heteroatoms. The Hall–Kier alpha value is -1.60. The lowest BCUT2D eigenvalue weighted by atomic mass is 10.1. The van der Waals surface area contributed by atoms with Crippen LogP contribution >= 0.6 is 0 Å². The molecule has 140 valence electrons. The third-order valence-corrected chi connectivity index (χ3v) is 6.00. The van der Waals surface area contributed by atoms with E-state index in [0.29, 0.717) is 31.1 Å². The molecule has 0 fully saturated rings. The van der Waals surface area contributed by atoms with Crippen LogP contribution in [0.3, 0.4) is 0 Å². The summed E-state index contributed by atoms with van der Waals surface area (Å²) in [6.07, 6.45) is 1.50. The number of carbonyl (C=O) groups excluding carboxylic acids is 1. The van der Waals surface area contributed by atoms with Gasteiger partial charge in [-0.3, -0.25) is 4.79 Å². The number of hydrogen-bond acceptors (Lipinski definition) is 4. The Bertz CT molecular complexity index is 737. The first-order chi connectivity index (χ1) is 11.6. The Morgan fingerprint density at radius 3 is 2.36 bits per heavy atom. The summed E-state index contributed by atoms with van der Waals surface area (Å²) in [7, 11) is -3.60. The first-order valence-electron chi connectivity index (χ1n) is 8.73. The molecule has 0 unspecified atom stereocenters. The molecule has 1 aromatic rings. The highest BCUT2D eigenvalue weighted by Gasteiger charge is 2.35. The molecule has 0 aliphatic carbocycles. The van der Waals surface area contributed by atoms with Crippen molar-refractivity contribution in [2.75, 3.05) is 24.5 Å². The fourth-order valence-corrected chi connectivity index (χ4v) is 4.68. The second-order valence-electron chi connectivity index (χ2n) is 7.00. The molecule has 6 nitrogen and oxygen atoms in total. The number of ether oxygens (including phenoxy) is 1. The highest BCUT2D eigenvalue weighted by atomic mass is 32.2. The molecule has 1 amide bonds. The van der Waals surface area contributed by atoms with Crippen LogP contribution in [0.15, 0.2) is 23.1 Å². The van der Waals surface area contributed by atoms with Crippen LogP contribution in [0.2, 0.25) is 0 Å². The van der Waals surface area contributed by atoms with Gasteiger partial charge in [-0.15, -0.1) is 0 Å². The lowest BCUT2D eigenvalue weighted by Gasteiger charge is -2.39. The van der Waals surface area contributed by atoms with Crippen LogP contribution in [0.4, 0.5) is 5.69 Å². The van der Waals surface area contributed by atoms with E-state index in [1.807, 2.05) is 27.7 Å². The number of rotatable bonds is 6. The van der Waals surface area contributed by atoms with E-state index in [0.717, 1.165) is 12.8 Å². The topological polar surface area (TPSA) is 66.9 Å². The smallest absolute Gasteiger partial charge is 0.243 e. The predicted octanol–water partition coefficient (Wildman–Crippen LogP) is 3.02. The highest BCUT2D eigenvalue weighted by Crippen LogP contribution is 2.39. The van der Waals surface area contributed by atoms with Crippen molar-refractivity contribution >= 4 is 21.6 Å². The zero-order valence-electron chi connectivity index (χ0n) is 15.7. The van der Waals surface area contributed by atoms with E-state index in [2.05, 4.69) is 0 Å². The number of sulfonamides is 1. The molecule has 0 saturated carbocycles. The molecule has 0 aromatic heterocycles. The normalized spacial score (nSPS) is 16.5. The van der Waals surface area contributed by atoms with Gasteiger partial charge >= 0.3 is 0 Å². The zero-order chi connectivity index (χ0) is 18.8. The number of fused-ring (bicyclic) bond motifs is 1. The van der Waals surface area contributed by atoms with Crippen LogP contribution in [-0.4, -0.2) is 43.9 Å². The van der Waals surface area contributed by atoms with E-state index in [9.17, 15) is 13.2 Å². The van der Waals surface area contributed by atoms with Crippen molar-refractivity contribution in [1.82, 2.24) is 4.31 Å². The molecule has 1 aliphatic heterocycles. The van der Waals surface area contributed by atoms with Crippen LogP contribution in [0.5, 0.6) is 5.75 Å². The van der Waals surface area contributed by atoms with E-state index in [1.54, 1.807) is 23.1 Å². The van der Waals surface area contributed by atoms with E-state index < -0.39 is 15.6 Å². The Balaban J connectivity index is 2.49. The Morgan fingerprint density at radius 1 is 1.24 bits per heavy atom. The van der Waals surface area contributed by atoms with Crippen molar-refractivity contribution in [3.05, 3.63) is 18.2 Å². The van der Waals surface area contributed by atoms with Gasteiger partial charge in [0.15, 0.2) is 0 Å². The number of amides is 1. The monoisotopic (exact) mass is 368 g/mol. The number of anilines is 1. The van der Waals surface area contributed by atoms with Gasteiger partial charge in [0.25, 0.3) is 0 Å². The summed E-state index contributed by atoms with van der Waals surface area (Å²) in [4.78, 5) is 13.8. The fraction of sp³-hybridized carbons (Fsp3) is 0.611. The maximum Gasteiger partial charge on any atom is 0.243 e. The van der Waals surface area contributed by atoms with E-state index in [1.165, 1.54) is 11.2 Å². The van der Waals surface area contributed by atoms with Crippen molar-refractivity contribution in [2.24, 2.45) is 0 Å². The van der Waals surface area contributed by atoms with Gasteiger partial charge < -0.3 is 9.64 Å². The fourth-order valence-electron chi connectivity index (χ4n) is 3.03. The SMILES string of the molecule is CCCN(CCC)S(=O)(=O)c1ccc2c(c1)N(C(C)=O)CC(C)(C)O2. The third-order valence-electron chi connectivity index (χ3n) is 4.11. The summed E-state index contributed by atoms with van der Waals surface area (Å²) in [5.41, 5.74) is -0.00366. The molecule has 0 atom stereocenters. The van der Waals surface area contributed by atoms with E-state index >= 15 is 0 Å². The van der Waals surface area contributed by atoms with Gasteiger partial charge in [0.05, 0.1) is 17.1 Å². The standard InChI is InChI=1S/C18H28N2O4S/c1-6-10-19(11-7-2)25(22,23)15-8-9-17-16(12-15)20(14(3)21)13-18(4,5)24-17/h8-9,12H,6-7,10-11,13H2,1-5H3. The van der Waals surface area contributed by atoms with Crippen LogP contribution in [0.1, 0.15) is 47.5 Å². The van der Waals surface area contributed by atoms with Crippen molar-refractivity contribution in [3.63, 3.8) is 0 Å². The summed E-state index contributed by atoms with van der Waals surface area (Å²) in [5, 5.41) is 0. The van der Waals surface area contributed by atoms with Crippen molar-refractivity contribution < 1.29 is 17.9 Å². The summed E-state index contributed by atoms with van der Waals surface area (Å²) < 4.78 is 33.4. The average molecular weight is 368 g/mol. The number of hydrogen-bond donors (Lipinski definition) is 0. The minimum absolute atomic E-state index is 0.133. The van der Waals surface area contributed by atoms with E-state index in [-0.39, 0.29) is 10.8 Å². The van der Waals surface area contributed by atoms with Gasteiger partial charge in [-0.25, -0.2) is 8.42 Å². The largest absolute Gasteiger partial charge is 0.484 e. The van der Waals surface area contributed by atoms with Crippen LogP contribution < -0.4 is 9.64 Å². The molecule has 0 spiro atoms. The lowest BCUT2D eigenvalue weighted by Crippen LogP contribution is -2.48. The van der Waals surface area contributed by atoms with Gasteiger partial charge in [0.1, 0.15) is 11.4 Å².